The highest BCUT2D eigenvalue weighted by atomic mass is 16.2. The molecule has 1 amide bonds. The number of nitrogens with one attached hydrogen (secondary N) is 2. The number of aromatic amines is 1. The van der Waals surface area contributed by atoms with Crippen LogP contribution in [-0.4, -0.2) is 32.2 Å². The standard InChI is InChI=1S/C14H21N5O/c1-10-13(11(2)18-17-10)5-4-6-16-14(20)12(3)19-8-7-15-9-19/h7-9,12H,4-6H2,1-3H3,(H,16,20)(H,17,18). The number of carbonyl (C=O) groups is 1. The Bertz CT molecular complexity index is 539. The molecule has 6 heteroatoms. The van der Waals surface area contributed by atoms with Crippen molar-refractivity contribution >= 4 is 5.91 Å². The number of rotatable bonds is 6. The summed E-state index contributed by atoms with van der Waals surface area (Å²) in [4.78, 5) is 15.9. The lowest BCUT2D eigenvalue weighted by atomic mass is 10.1. The maximum Gasteiger partial charge on any atom is 0.242 e. The van der Waals surface area contributed by atoms with Gasteiger partial charge in [0.1, 0.15) is 6.04 Å². The van der Waals surface area contributed by atoms with Crippen LogP contribution >= 0.6 is 0 Å². The van der Waals surface area contributed by atoms with Crippen molar-refractivity contribution in [2.24, 2.45) is 0 Å². The molecule has 0 aliphatic heterocycles. The first kappa shape index (κ1) is 14.3. The Morgan fingerprint density at radius 3 is 2.90 bits per heavy atom. The molecule has 2 rings (SSSR count). The van der Waals surface area contributed by atoms with E-state index in [0.717, 1.165) is 24.2 Å². The van der Waals surface area contributed by atoms with E-state index in [1.165, 1.54) is 5.56 Å². The summed E-state index contributed by atoms with van der Waals surface area (Å²) >= 11 is 0. The maximum atomic E-state index is 12.0. The molecule has 2 aromatic heterocycles. The molecule has 2 aromatic rings. The normalized spacial score (nSPS) is 12.3. The molecule has 2 N–H and O–H groups in total. The Morgan fingerprint density at radius 1 is 1.50 bits per heavy atom. The molecule has 0 saturated carbocycles. The van der Waals surface area contributed by atoms with Gasteiger partial charge in [-0.25, -0.2) is 4.98 Å². The molecule has 0 bridgehead atoms. The number of hydrogen-bond donors (Lipinski definition) is 2. The fourth-order valence-electron chi connectivity index (χ4n) is 2.20. The molecule has 2 heterocycles. The average Bonchev–Trinajstić information content (AvgIpc) is 3.06. The SMILES string of the molecule is Cc1n[nH]c(C)c1CCCNC(=O)C(C)n1ccnc1. The minimum atomic E-state index is -0.227. The van der Waals surface area contributed by atoms with Crippen LogP contribution in [0.25, 0.3) is 0 Å². The van der Waals surface area contributed by atoms with Gasteiger partial charge >= 0.3 is 0 Å². The van der Waals surface area contributed by atoms with Gasteiger partial charge in [-0.1, -0.05) is 0 Å². The van der Waals surface area contributed by atoms with E-state index < -0.39 is 0 Å². The molecule has 0 aliphatic rings. The summed E-state index contributed by atoms with van der Waals surface area (Å²) in [5.74, 6) is 0.0173. The lowest BCUT2D eigenvalue weighted by molar-refractivity contribution is -0.123. The van der Waals surface area contributed by atoms with Crippen LogP contribution in [0, 0.1) is 13.8 Å². The lowest BCUT2D eigenvalue weighted by Crippen LogP contribution is -2.31. The number of hydrogen-bond acceptors (Lipinski definition) is 3. The van der Waals surface area contributed by atoms with Gasteiger partial charge in [0, 0.05) is 24.6 Å². The van der Waals surface area contributed by atoms with Crippen molar-refractivity contribution in [1.29, 1.82) is 0 Å². The zero-order valence-electron chi connectivity index (χ0n) is 12.2. The van der Waals surface area contributed by atoms with Crippen LogP contribution in [0.5, 0.6) is 0 Å². The van der Waals surface area contributed by atoms with E-state index in [4.69, 9.17) is 0 Å². The molecule has 20 heavy (non-hydrogen) atoms. The second-order valence-corrected chi connectivity index (χ2v) is 4.99. The van der Waals surface area contributed by atoms with Crippen LogP contribution in [0.15, 0.2) is 18.7 Å². The van der Waals surface area contributed by atoms with E-state index in [1.807, 2.05) is 20.8 Å². The van der Waals surface area contributed by atoms with Crippen LogP contribution < -0.4 is 5.32 Å². The van der Waals surface area contributed by atoms with Gasteiger partial charge in [0.15, 0.2) is 0 Å². The van der Waals surface area contributed by atoms with Gasteiger partial charge < -0.3 is 9.88 Å². The number of H-pyrrole nitrogens is 1. The topological polar surface area (TPSA) is 75.6 Å². The third-order valence-electron chi connectivity index (χ3n) is 3.54. The van der Waals surface area contributed by atoms with Crippen LogP contribution in [-0.2, 0) is 11.2 Å². The first-order valence-corrected chi connectivity index (χ1v) is 6.85. The Labute approximate surface area is 118 Å². The Balaban J connectivity index is 1.75. The van der Waals surface area contributed by atoms with Crippen molar-refractivity contribution < 1.29 is 4.79 Å². The van der Waals surface area contributed by atoms with Crippen LogP contribution in [0.4, 0.5) is 0 Å². The fraction of sp³-hybridized carbons (Fsp3) is 0.500. The van der Waals surface area contributed by atoms with E-state index in [2.05, 4.69) is 20.5 Å². The summed E-state index contributed by atoms with van der Waals surface area (Å²) in [5, 5.41) is 10.1. The molecule has 1 unspecified atom stereocenters. The Kier molecular flexibility index (Phi) is 4.55. The molecule has 6 nitrogen and oxygen atoms in total. The number of amides is 1. The molecule has 1 atom stereocenters. The van der Waals surface area contributed by atoms with Crippen molar-refractivity contribution in [3.63, 3.8) is 0 Å². The van der Waals surface area contributed by atoms with E-state index >= 15 is 0 Å². The summed E-state index contributed by atoms with van der Waals surface area (Å²) in [6, 6.07) is -0.227. The number of imidazole rings is 1. The van der Waals surface area contributed by atoms with E-state index in [9.17, 15) is 4.79 Å². The smallest absolute Gasteiger partial charge is 0.242 e. The average molecular weight is 275 g/mol. The third-order valence-corrected chi connectivity index (χ3v) is 3.54. The second kappa shape index (κ2) is 6.36. The highest BCUT2D eigenvalue weighted by molar-refractivity contribution is 5.79. The van der Waals surface area contributed by atoms with Crippen molar-refractivity contribution in [3.8, 4) is 0 Å². The number of aromatic nitrogens is 4. The molecule has 0 aromatic carbocycles. The summed E-state index contributed by atoms with van der Waals surface area (Å²) in [6.45, 7) is 6.55. The van der Waals surface area contributed by atoms with E-state index in [0.29, 0.717) is 6.54 Å². The summed E-state index contributed by atoms with van der Waals surface area (Å²) in [6.07, 6.45) is 6.95. The minimum absolute atomic E-state index is 0.0173. The first-order valence-electron chi connectivity index (χ1n) is 6.85. The molecule has 0 fully saturated rings. The van der Waals surface area contributed by atoms with E-state index in [-0.39, 0.29) is 11.9 Å². The van der Waals surface area contributed by atoms with Gasteiger partial charge in [-0.15, -0.1) is 0 Å². The van der Waals surface area contributed by atoms with E-state index in [1.54, 1.807) is 23.3 Å². The monoisotopic (exact) mass is 275 g/mol. The first-order chi connectivity index (χ1) is 9.59. The van der Waals surface area contributed by atoms with Crippen molar-refractivity contribution in [1.82, 2.24) is 25.1 Å². The van der Waals surface area contributed by atoms with Gasteiger partial charge in [-0.2, -0.15) is 5.10 Å². The molecule has 0 radical (unpaired) electrons. The number of carbonyl (C=O) groups excluding carboxylic acids is 1. The van der Waals surface area contributed by atoms with Gasteiger partial charge in [-0.05, 0) is 39.2 Å². The minimum Gasteiger partial charge on any atom is -0.354 e. The third kappa shape index (κ3) is 3.26. The highest BCUT2D eigenvalue weighted by Crippen LogP contribution is 2.11. The summed E-state index contributed by atoms with van der Waals surface area (Å²) < 4.78 is 1.79. The van der Waals surface area contributed by atoms with Gasteiger partial charge in [0.2, 0.25) is 5.91 Å². The quantitative estimate of drug-likeness (QED) is 0.785. The Morgan fingerprint density at radius 2 is 2.30 bits per heavy atom. The Hall–Kier alpha value is -2.11. The predicted octanol–water partition coefficient (Wildman–Crippen LogP) is 1.53. The van der Waals surface area contributed by atoms with Crippen molar-refractivity contribution in [3.05, 3.63) is 35.7 Å². The molecular weight excluding hydrogens is 254 g/mol. The van der Waals surface area contributed by atoms with Gasteiger partial charge in [0.05, 0.1) is 12.0 Å². The largest absolute Gasteiger partial charge is 0.354 e. The number of nitrogens with zero attached hydrogens (tertiary/aromatic N) is 3. The molecular formula is C14H21N5O. The zero-order chi connectivity index (χ0) is 14.5. The van der Waals surface area contributed by atoms with Gasteiger partial charge in [0.25, 0.3) is 0 Å². The van der Waals surface area contributed by atoms with Crippen LogP contribution in [0.3, 0.4) is 0 Å². The zero-order valence-corrected chi connectivity index (χ0v) is 12.2. The van der Waals surface area contributed by atoms with Crippen molar-refractivity contribution in [2.75, 3.05) is 6.54 Å². The summed E-state index contributed by atoms with van der Waals surface area (Å²) in [5.41, 5.74) is 3.41. The summed E-state index contributed by atoms with van der Waals surface area (Å²) in [7, 11) is 0. The maximum absolute atomic E-state index is 12.0. The fourth-order valence-corrected chi connectivity index (χ4v) is 2.20. The second-order valence-electron chi connectivity index (χ2n) is 4.99. The van der Waals surface area contributed by atoms with Gasteiger partial charge in [-0.3, -0.25) is 9.89 Å². The van der Waals surface area contributed by atoms with Crippen molar-refractivity contribution in [2.45, 2.75) is 39.7 Å². The molecule has 0 saturated heterocycles. The highest BCUT2D eigenvalue weighted by Gasteiger charge is 2.13. The molecule has 0 spiro atoms. The van der Waals surface area contributed by atoms with Crippen LogP contribution in [0.1, 0.15) is 36.3 Å². The van der Waals surface area contributed by atoms with Crippen LogP contribution in [0.2, 0.25) is 0 Å². The molecule has 0 aliphatic carbocycles. The molecule has 108 valence electrons. The number of aryl methyl sites for hydroxylation is 2. The predicted molar refractivity (Wildman–Crippen MR) is 76.3 cm³/mol. The lowest BCUT2D eigenvalue weighted by Gasteiger charge is -2.13.